The van der Waals surface area contributed by atoms with E-state index >= 15 is 0 Å². The Morgan fingerprint density at radius 3 is 1.31 bits per heavy atom. The van der Waals surface area contributed by atoms with Crippen LogP contribution in [0, 0.1) is 0 Å². The minimum absolute atomic E-state index is 0.154. The lowest BCUT2D eigenvalue weighted by Gasteiger charge is -2.53. The van der Waals surface area contributed by atoms with Crippen LogP contribution in [0.25, 0.3) is 35.4 Å². The fourth-order valence-electron chi connectivity index (χ4n) is 11.4. The largest absolute Gasteiger partial charge is 0.331 e. The molecule has 318 valence electrons. The van der Waals surface area contributed by atoms with Crippen LogP contribution in [-0.4, -0.2) is 0 Å². The molecule has 2 nitrogen and oxygen atoms in total. The summed E-state index contributed by atoms with van der Waals surface area (Å²) in [5.41, 5.74) is 20.7. The van der Waals surface area contributed by atoms with Gasteiger partial charge >= 0.3 is 0 Å². The molecule has 11 rings (SSSR count). The molecule has 0 heterocycles. The Labute approximate surface area is 385 Å². The van der Waals surface area contributed by atoms with Crippen LogP contribution in [0.5, 0.6) is 0 Å². The summed E-state index contributed by atoms with van der Waals surface area (Å²) in [4.78, 5) is 5.26. The van der Waals surface area contributed by atoms with E-state index in [1.807, 2.05) is 0 Å². The van der Waals surface area contributed by atoms with Crippen molar-refractivity contribution in [3.05, 3.63) is 250 Å². The van der Waals surface area contributed by atoms with Gasteiger partial charge in [-0.05, 0) is 134 Å². The smallest absolute Gasteiger partial charge is 0.0962 e. The quantitative estimate of drug-likeness (QED) is 0.107. The summed E-state index contributed by atoms with van der Waals surface area (Å²) < 4.78 is 0. The maximum atomic E-state index is 2.63. The summed E-state index contributed by atoms with van der Waals surface area (Å²) in [6.07, 6.45) is 12.9. The zero-order valence-corrected chi connectivity index (χ0v) is 38.0. The first-order valence-electron chi connectivity index (χ1n) is 23.6. The number of hydrogen-bond donors (Lipinski definition) is 0. The highest BCUT2D eigenvalue weighted by Gasteiger charge is 2.57. The zero-order chi connectivity index (χ0) is 44.2. The molecule has 0 saturated heterocycles. The van der Waals surface area contributed by atoms with Crippen LogP contribution in [-0.2, 0) is 22.9 Å². The van der Waals surface area contributed by atoms with Gasteiger partial charge in [0.05, 0.1) is 11.1 Å². The Morgan fingerprint density at radius 2 is 0.815 bits per heavy atom. The highest BCUT2D eigenvalue weighted by Crippen LogP contribution is 2.64. The molecule has 0 radical (unpaired) electrons. The van der Waals surface area contributed by atoms with Gasteiger partial charge in [0.25, 0.3) is 0 Å². The number of nitrogens with zero attached hydrogens (tertiary/aromatic N) is 2. The minimum atomic E-state index is -0.210. The van der Waals surface area contributed by atoms with Gasteiger partial charge in [-0.1, -0.05) is 198 Å². The van der Waals surface area contributed by atoms with Crippen molar-refractivity contribution >= 4 is 47.1 Å². The van der Waals surface area contributed by atoms with E-state index in [1.165, 1.54) is 89.5 Å². The number of fused-ring (bicyclic) bond motifs is 5. The average molecular weight is 841 g/mol. The van der Waals surface area contributed by atoms with Crippen molar-refractivity contribution in [3.8, 4) is 11.1 Å². The van der Waals surface area contributed by atoms with Crippen LogP contribution >= 0.6 is 0 Å². The molecule has 0 bridgehead atoms. The molecule has 0 aliphatic heterocycles. The van der Waals surface area contributed by atoms with Crippen molar-refractivity contribution in [1.82, 2.24) is 0 Å². The third-order valence-electron chi connectivity index (χ3n) is 14.7. The Bertz CT molecular complexity index is 3060. The molecule has 0 spiro atoms. The first-order chi connectivity index (χ1) is 31.8. The van der Waals surface area contributed by atoms with E-state index in [4.69, 9.17) is 0 Å². The lowest BCUT2D eigenvalue weighted by atomic mass is 9.65. The second-order valence-corrected chi connectivity index (χ2v) is 18.8. The SMILES string of the molecule is CCCC1(N(c2ccccc2)c2ccc(/C=C/c3ccccc3)cc2)c2cc3c(cc21)C(C)(C)c1cc2c(cc1-3)CC2(CC)N(c1ccccc1)c1ccc(/C=C/c2ccccc2)cc1. The summed E-state index contributed by atoms with van der Waals surface area (Å²) in [6.45, 7) is 9.63. The third kappa shape index (κ3) is 6.78. The predicted molar refractivity (Wildman–Crippen MR) is 276 cm³/mol. The molecule has 0 fully saturated rings. The van der Waals surface area contributed by atoms with Gasteiger partial charge < -0.3 is 9.80 Å². The van der Waals surface area contributed by atoms with E-state index in [2.05, 4.69) is 256 Å². The second-order valence-electron chi connectivity index (χ2n) is 18.8. The Morgan fingerprint density at radius 1 is 0.415 bits per heavy atom. The van der Waals surface area contributed by atoms with Gasteiger partial charge in [-0.15, -0.1) is 0 Å². The molecule has 8 aromatic rings. The fraction of sp³-hybridized carbons (Fsp3) is 0.175. The Balaban J connectivity index is 0.956. The molecule has 65 heavy (non-hydrogen) atoms. The molecule has 0 N–H and O–H groups in total. The van der Waals surface area contributed by atoms with Gasteiger partial charge in [-0.25, -0.2) is 0 Å². The predicted octanol–water partition coefficient (Wildman–Crippen LogP) is 16.5. The molecule has 0 amide bonds. The van der Waals surface area contributed by atoms with Crippen LogP contribution in [0.15, 0.2) is 194 Å². The van der Waals surface area contributed by atoms with Crippen molar-refractivity contribution in [2.24, 2.45) is 0 Å². The fourth-order valence-corrected chi connectivity index (χ4v) is 11.4. The maximum absolute atomic E-state index is 2.63. The van der Waals surface area contributed by atoms with Gasteiger partial charge in [0, 0.05) is 34.6 Å². The Hall–Kier alpha value is -7.16. The van der Waals surface area contributed by atoms with E-state index in [0.717, 1.165) is 25.7 Å². The number of rotatable bonds is 13. The molecule has 2 atom stereocenters. The van der Waals surface area contributed by atoms with Crippen molar-refractivity contribution < 1.29 is 0 Å². The van der Waals surface area contributed by atoms with Gasteiger partial charge in [-0.2, -0.15) is 0 Å². The number of para-hydroxylation sites is 2. The first kappa shape index (κ1) is 40.6. The molecule has 8 aromatic carbocycles. The van der Waals surface area contributed by atoms with E-state index < -0.39 is 0 Å². The molecule has 2 heteroatoms. The highest BCUT2D eigenvalue weighted by atomic mass is 15.2. The molecular weight excluding hydrogens is 785 g/mol. The highest BCUT2D eigenvalue weighted by molar-refractivity contribution is 5.89. The van der Waals surface area contributed by atoms with E-state index in [1.54, 1.807) is 0 Å². The van der Waals surface area contributed by atoms with Gasteiger partial charge in [0.1, 0.15) is 0 Å². The summed E-state index contributed by atoms with van der Waals surface area (Å²) >= 11 is 0. The number of benzene rings is 8. The van der Waals surface area contributed by atoms with Crippen LogP contribution in [0.3, 0.4) is 0 Å². The van der Waals surface area contributed by atoms with E-state index in [0.29, 0.717) is 0 Å². The maximum Gasteiger partial charge on any atom is 0.0962 e. The topological polar surface area (TPSA) is 6.48 Å². The molecule has 2 unspecified atom stereocenters. The lowest BCUT2D eigenvalue weighted by Crippen LogP contribution is -2.51. The van der Waals surface area contributed by atoms with Gasteiger partial charge in [0.2, 0.25) is 0 Å². The normalized spacial score (nSPS) is 18.4. The van der Waals surface area contributed by atoms with E-state index in [9.17, 15) is 0 Å². The number of hydrogen-bond acceptors (Lipinski definition) is 2. The van der Waals surface area contributed by atoms with Crippen LogP contribution in [0.1, 0.15) is 103 Å². The molecule has 0 aromatic heterocycles. The summed E-state index contributed by atoms with van der Waals surface area (Å²) in [5.74, 6) is 0. The van der Waals surface area contributed by atoms with Crippen molar-refractivity contribution in [1.29, 1.82) is 0 Å². The Kier molecular flexibility index (Phi) is 10.1. The van der Waals surface area contributed by atoms with Crippen molar-refractivity contribution in [2.75, 3.05) is 9.80 Å². The first-order valence-corrected chi connectivity index (χ1v) is 23.6. The lowest BCUT2D eigenvalue weighted by molar-refractivity contribution is 0.362. The molecule has 0 saturated carbocycles. The standard InChI is InChI=1S/C63H56N2/c1-5-39-63(65(51-25-17-10-18-26-51)53-37-33-48(34-38-53)30-28-46-21-13-8-14-22-46)59-41-55-54-40-49-44-62(6-2,56(49)42-57(54)61(3,4)58(55)43-60(59)63)64(50-23-15-9-16-24-50)52-35-31-47(32-36-52)29-27-45-19-11-7-12-20-45/h7-38,40-43H,5-6,39,44H2,1-4H3/b29-27+,30-28+. The van der Waals surface area contributed by atoms with Crippen LogP contribution < -0.4 is 9.80 Å². The summed E-state index contributed by atoms with van der Waals surface area (Å²) in [7, 11) is 0. The summed E-state index contributed by atoms with van der Waals surface area (Å²) in [5, 5.41) is 0. The van der Waals surface area contributed by atoms with E-state index in [-0.39, 0.29) is 16.5 Å². The van der Waals surface area contributed by atoms with Crippen LogP contribution in [0.2, 0.25) is 0 Å². The van der Waals surface area contributed by atoms with Crippen molar-refractivity contribution in [3.63, 3.8) is 0 Å². The molecule has 3 aliphatic carbocycles. The minimum Gasteiger partial charge on any atom is -0.331 e. The average Bonchev–Trinajstić information content (AvgIpc) is 3.91. The zero-order valence-electron chi connectivity index (χ0n) is 38.0. The van der Waals surface area contributed by atoms with Crippen LogP contribution in [0.4, 0.5) is 22.7 Å². The van der Waals surface area contributed by atoms with Gasteiger partial charge in [-0.3, -0.25) is 0 Å². The summed E-state index contributed by atoms with van der Waals surface area (Å²) in [6, 6.07) is 71.8. The second kappa shape index (κ2) is 16.1. The number of anilines is 4. The molecular formula is C63H56N2. The monoisotopic (exact) mass is 840 g/mol. The molecule has 3 aliphatic rings. The van der Waals surface area contributed by atoms with Gasteiger partial charge in [0.15, 0.2) is 0 Å². The third-order valence-corrected chi connectivity index (χ3v) is 14.7. The van der Waals surface area contributed by atoms with Crippen molar-refractivity contribution in [2.45, 2.75) is 69.9 Å².